The Morgan fingerprint density at radius 2 is 2.44 bits per heavy atom. The first kappa shape index (κ1) is 11.5. The molecule has 2 aromatic heterocycles. The highest BCUT2D eigenvalue weighted by atomic mass is 32.1. The van der Waals surface area contributed by atoms with Crippen molar-refractivity contribution in [2.45, 2.75) is 19.4 Å². The molecule has 2 aromatic rings. The molecule has 4 heteroatoms. The summed E-state index contributed by atoms with van der Waals surface area (Å²) in [5.41, 5.74) is 1.87. The summed E-state index contributed by atoms with van der Waals surface area (Å²) in [6.45, 7) is 5.25. The van der Waals surface area contributed by atoms with E-state index < -0.39 is 0 Å². The third kappa shape index (κ3) is 2.08. The van der Waals surface area contributed by atoms with Gasteiger partial charge >= 0.3 is 0 Å². The van der Waals surface area contributed by atoms with Gasteiger partial charge in [0.25, 0.3) is 5.91 Å². The van der Waals surface area contributed by atoms with Gasteiger partial charge in [-0.1, -0.05) is 6.08 Å². The molecule has 1 saturated carbocycles. The van der Waals surface area contributed by atoms with Crippen LogP contribution in [0.3, 0.4) is 0 Å². The van der Waals surface area contributed by atoms with Crippen molar-refractivity contribution in [2.24, 2.45) is 5.92 Å². The summed E-state index contributed by atoms with van der Waals surface area (Å²) >= 11 is 1.67. The topological polar surface area (TPSA) is 34.0 Å². The maximum absolute atomic E-state index is 12.2. The van der Waals surface area contributed by atoms with Crippen LogP contribution in [-0.4, -0.2) is 17.0 Å². The minimum absolute atomic E-state index is 0.0344. The molecule has 2 heterocycles. The molecular weight excluding hydrogens is 244 g/mol. The molecule has 1 aliphatic rings. The first-order valence-electron chi connectivity index (χ1n) is 6.25. The number of aromatic nitrogens is 1. The van der Waals surface area contributed by atoms with E-state index in [9.17, 15) is 4.79 Å². The number of fused-ring (bicyclic) bond motifs is 1. The second-order valence-electron chi connectivity index (χ2n) is 4.75. The molecule has 0 radical (unpaired) electrons. The van der Waals surface area contributed by atoms with Gasteiger partial charge in [0.05, 0.1) is 10.2 Å². The van der Waals surface area contributed by atoms with Crippen LogP contribution in [0.5, 0.6) is 0 Å². The van der Waals surface area contributed by atoms with Crippen molar-refractivity contribution in [3.63, 3.8) is 0 Å². The lowest BCUT2D eigenvalue weighted by Crippen LogP contribution is -2.27. The Kier molecular flexibility index (Phi) is 2.96. The van der Waals surface area contributed by atoms with Crippen molar-refractivity contribution in [3.8, 4) is 0 Å². The zero-order valence-corrected chi connectivity index (χ0v) is 11.0. The van der Waals surface area contributed by atoms with Crippen LogP contribution in [0.25, 0.3) is 10.2 Å². The van der Waals surface area contributed by atoms with E-state index in [4.69, 9.17) is 0 Å². The molecule has 0 atom stereocenters. The van der Waals surface area contributed by atoms with Crippen LogP contribution in [0.2, 0.25) is 0 Å². The van der Waals surface area contributed by atoms with Gasteiger partial charge in [0, 0.05) is 13.1 Å². The number of amides is 1. The Balaban J connectivity index is 1.88. The van der Waals surface area contributed by atoms with Gasteiger partial charge in [-0.15, -0.1) is 17.9 Å². The Morgan fingerprint density at radius 1 is 1.61 bits per heavy atom. The third-order valence-corrected chi connectivity index (χ3v) is 4.17. The zero-order chi connectivity index (χ0) is 12.5. The predicted octanol–water partition coefficient (Wildman–Crippen LogP) is 3.03. The molecule has 0 bridgehead atoms. The number of thiophene rings is 1. The summed E-state index contributed by atoms with van der Waals surface area (Å²) in [4.78, 5) is 12.2. The van der Waals surface area contributed by atoms with Gasteiger partial charge in [-0.05, 0) is 36.3 Å². The number of nitrogens with one attached hydrogen (secondary N) is 1. The number of hydrogen-bond donors (Lipinski definition) is 1. The summed E-state index contributed by atoms with van der Waals surface area (Å²) in [7, 11) is 0. The highest BCUT2D eigenvalue weighted by Gasteiger charge is 2.23. The molecule has 1 N–H and O–H groups in total. The van der Waals surface area contributed by atoms with Crippen molar-refractivity contribution < 1.29 is 4.79 Å². The molecule has 1 amide bonds. The summed E-state index contributed by atoms with van der Waals surface area (Å²) in [6.07, 6.45) is 4.33. The zero-order valence-electron chi connectivity index (χ0n) is 10.2. The van der Waals surface area contributed by atoms with Gasteiger partial charge in [0.1, 0.15) is 5.69 Å². The van der Waals surface area contributed by atoms with Crippen LogP contribution in [0.15, 0.2) is 30.2 Å². The monoisotopic (exact) mass is 260 g/mol. The van der Waals surface area contributed by atoms with E-state index >= 15 is 0 Å². The summed E-state index contributed by atoms with van der Waals surface area (Å²) in [5, 5.41) is 5.07. The maximum atomic E-state index is 12.2. The Bertz CT molecular complexity index is 592. The van der Waals surface area contributed by atoms with Gasteiger partial charge in [-0.25, -0.2) is 0 Å². The van der Waals surface area contributed by atoms with E-state index in [1.807, 2.05) is 16.7 Å². The molecule has 94 valence electrons. The molecule has 3 nitrogen and oxygen atoms in total. The fourth-order valence-electron chi connectivity index (χ4n) is 2.14. The summed E-state index contributed by atoms with van der Waals surface area (Å²) < 4.78 is 3.19. The molecular formula is C14H16N2OS. The second-order valence-corrected chi connectivity index (χ2v) is 5.70. The maximum Gasteiger partial charge on any atom is 0.267 e. The average molecular weight is 260 g/mol. The van der Waals surface area contributed by atoms with Crippen LogP contribution in [0.4, 0.5) is 0 Å². The van der Waals surface area contributed by atoms with Crippen LogP contribution >= 0.6 is 11.3 Å². The Morgan fingerprint density at radius 3 is 3.17 bits per heavy atom. The molecule has 18 heavy (non-hydrogen) atoms. The smallest absolute Gasteiger partial charge is 0.267 e. The van der Waals surface area contributed by atoms with Gasteiger partial charge < -0.3 is 9.88 Å². The average Bonchev–Trinajstić information content (AvgIpc) is 2.97. The van der Waals surface area contributed by atoms with Crippen LogP contribution in [0.1, 0.15) is 23.3 Å². The molecule has 0 spiro atoms. The molecule has 0 aliphatic heterocycles. The molecule has 0 aromatic carbocycles. The minimum Gasteiger partial charge on any atom is -0.350 e. The van der Waals surface area contributed by atoms with Gasteiger partial charge in [0.15, 0.2) is 0 Å². The number of nitrogens with zero attached hydrogens (tertiary/aromatic N) is 1. The van der Waals surface area contributed by atoms with Crippen molar-refractivity contribution in [3.05, 3.63) is 35.9 Å². The van der Waals surface area contributed by atoms with E-state index in [-0.39, 0.29) is 5.91 Å². The van der Waals surface area contributed by atoms with Gasteiger partial charge in [-0.3, -0.25) is 4.79 Å². The molecule has 1 aliphatic carbocycles. The molecule has 0 unspecified atom stereocenters. The van der Waals surface area contributed by atoms with E-state index in [0.717, 1.165) is 22.5 Å². The van der Waals surface area contributed by atoms with Crippen molar-refractivity contribution >= 4 is 27.5 Å². The van der Waals surface area contributed by atoms with Crippen molar-refractivity contribution in [1.29, 1.82) is 0 Å². The lowest BCUT2D eigenvalue weighted by Gasteiger charge is -2.08. The van der Waals surface area contributed by atoms with Crippen molar-refractivity contribution in [2.75, 3.05) is 6.54 Å². The lowest BCUT2D eigenvalue weighted by atomic mass is 10.3. The standard InChI is InChI=1S/C14H16N2OS/c1-2-6-16-11-5-7-18-13(11)8-12(16)14(17)15-9-10-3-4-10/h2,5,7-8,10H,1,3-4,6,9H2,(H,15,17). The highest BCUT2D eigenvalue weighted by Crippen LogP contribution is 2.28. The summed E-state index contributed by atoms with van der Waals surface area (Å²) in [5.74, 6) is 0.741. The van der Waals surface area contributed by atoms with E-state index in [1.165, 1.54) is 12.8 Å². The SMILES string of the molecule is C=CCn1c(C(=O)NCC2CC2)cc2sccc21. The van der Waals surface area contributed by atoms with E-state index in [2.05, 4.69) is 23.3 Å². The number of carbonyl (C=O) groups excluding carboxylic acids is 1. The predicted molar refractivity (Wildman–Crippen MR) is 75.1 cm³/mol. The fraction of sp³-hybridized carbons (Fsp3) is 0.357. The van der Waals surface area contributed by atoms with Crippen molar-refractivity contribution in [1.82, 2.24) is 9.88 Å². The fourth-order valence-corrected chi connectivity index (χ4v) is 2.96. The van der Waals surface area contributed by atoms with Crippen LogP contribution < -0.4 is 5.32 Å². The van der Waals surface area contributed by atoms with Crippen LogP contribution in [0, 0.1) is 5.92 Å². The lowest BCUT2D eigenvalue weighted by molar-refractivity contribution is 0.0943. The third-order valence-electron chi connectivity index (χ3n) is 3.32. The number of hydrogen-bond acceptors (Lipinski definition) is 2. The quantitative estimate of drug-likeness (QED) is 0.824. The first-order chi connectivity index (χ1) is 8.79. The second kappa shape index (κ2) is 4.61. The summed E-state index contributed by atoms with van der Waals surface area (Å²) in [6, 6.07) is 4.03. The Labute approximate surface area is 110 Å². The van der Waals surface area contributed by atoms with Gasteiger partial charge in [-0.2, -0.15) is 0 Å². The molecule has 1 fully saturated rings. The van der Waals surface area contributed by atoms with Gasteiger partial charge in [0.2, 0.25) is 0 Å². The van der Waals surface area contributed by atoms with Crippen LogP contribution in [-0.2, 0) is 6.54 Å². The molecule has 0 saturated heterocycles. The largest absolute Gasteiger partial charge is 0.350 e. The normalized spacial score (nSPS) is 14.9. The number of rotatable bonds is 5. The number of carbonyl (C=O) groups is 1. The molecule has 3 rings (SSSR count). The number of allylic oxidation sites excluding steroid dienone is 1. The Hall–Kier alpha value is -1.55. The minimum atomic E-state index is 0.0344. The highest BCUT2D eigenvalue weighted by molar-refractivity contribution is 7.17. The van der Waals surface area contributed by atoms with E-state index in [1.54, 1.807) is 11.3 Å². The van der Waals surface area contributed by atoms with E-state index in [0.29, 0.717) is 12.5 Å². The first-order valence-corrected chi connectivity index (χ1v) is 7.13.